The lowest BCUT2D eigenvalue weighted by atomic mass is 10.0. The SMILES string of the molecule is COc1cc(Cc2ccc(N=C=O)cc2)ccc1N=C=O. The third-order valence-corrected chi connectivity index (χ3v) is 2.93. The zero-order valence-electron chi connectivity index (χ0n) is 11.4. The number of ether oxygens (including phenoxy) is 1. The van der Waals surface area contributed by atoms with E-state index >= 15 is 0 Å². The monoisotopic (exact) mass is 280 g/mol. The Kier molecular flexibility index (Phi) is 4.78. The van der Waals surface area contributed by atoms with Gasteiger partial charge in [-0.3, -0.25) is 0 Å². The van der Waals surface area contributed by atoms with Gasteiger partial charge in [0.05, 0.1) is 12.8 Å². The van der Waals surface area contributed by atoms with E-state index in [4.69, 9.17) is 4.74 Å². The Morgan fingerprint density at radius 1 is 0.952 bits per heavy atom. The molecule has 0 aliphatic rings. The molecular weight excluding hydrogens is 268 g/mol. The summed E-state index contributed by atoms with van der Waals surface area (Å²) in [4.78, 5) is 27.6. The molecule has 0 unspecified atom stereocenters. The number of methoxy groups -OCH3 is 1. The summed E-state index contributed by atoms with van der Waals surface area (Å²) in [6.07, 6.45) is 3.69. The summed E-state index contributed by atoms with van der Waals surface area (Å²) in [6, 6.07) is 12.7. The van der Waals surface area contributed by atoms with Crippen molar-refractivity contribution in [2.24, 2.45) is 9.98 Å². The lowest BCUT2D eigenvalue weighted by Crippen LogP contribution is -1.90. The molecule has 2 aromatic carbocycles. The number of benzene rings is 2. The number of aliphatic imine (C=N–C) groups is 2. The van der Waals surface area contributed by atoms with Crippen LogP contribution >= 0.6 is 0 Å². The largest absolute Gasteiger partial charge is 0.494 e. The summed E-state index contributed by atoms with van der Waals surface area (Å²) < 4.78 is 5.20. The Hall–Kier alpha value is -3.00. The van der Waals surface area contributed by atoms with Gasteiger partial charge in [0.15, 0.2) is 0 Å². The fourth-order valence-corrected chi connectivity index (χ4v) is 1.95. The van der Waals surface area contributed by atoms with Crippen molar-refractivity contribution in [3.63, 3.8) is 0 Å². The Bertz CT molecular complexity index is 726. The van der Waals surface area contributed by atoms with Crippen LogP contribution in [0.4, 0.5) is 11.4 Å². The maximum atomic E-state index is 10.3. The molecule has 0 amide bonds. The van der Waals surface area contributed by atoms with Gasteiger partial charge < -0.3 is 4.74 Å². The van der Waals surface area contributed by atoms with Gasteiger partial charge in [-0.2, -0.15) is 9.98 Å². The summed E-state index contributed by atoms with van der Waals surface area (Å²) in [6.45, 7) is 0. The lowest BCUT2D eigenvalue weighted by Gasteiger charge is -2.07. The maximum Gasteiger partial charge on any atom is 0.240 e. The molecule has 0 spiro atoms. The third-order valence-electron chi connectivity index (χ3n) is 2.93. The molecule has 0 atom stereocenters. The smallest absolute Gasteiger partial charge is 0.240 e. The Morgan fingerprint density at radius 2 is 1.62 bits per heavy atom. The van der Waals surface area contributed by atoms with Crippen molar-refractivity contribution in [3.8, 4) is 5.75 Å². The Balaban J connectivity index is 2.22. The normalized spacial score (nSPS) is 9.38. The van der Waals surface area contributed by atoms with Gasteiger partial charge in [-0.15, -0.1) is 0 Å². The van der Waals surface area contributed by atoms with Crippen molar-refractivity contribution >= 4 is 23.5 Å². The van der Waals surface area contributed by atoms with E-state index in [1.807, 2.05) is 24.3 Å². The molecule has 0 aliphatic carbocycles. The van der Waals surface area contributed by atoms with Crippen LogP contribution in [0.3, 0.4) is 0 Å². The van der Waals surface area contributed by atoms with Gasteiger partial charge in [0.25, 0.3) is 0 Å². The van der Waals surface area contributed by atoms with Crippen LogP contribution in [0.5, 0.6) is 5.75 Å². The minimum Gasteiger partial charge on any atom is -0.494 e. The zero-order valence-corrected chi connectivity index (χ0v) is 11.4. The van der Waals surface area contributed by atoms with Crippen LogP contribution in [0.2, 0.25) is 0 Å². The number of nitrogens with zero attached hydrogens (tertiary/aromatic N) is 2. The predicted octanol–water partition coefficient (Wildman–Crippen LogP) is 3.22. The van der Waals surface area contributed by atoms with Crippen molar-refractivity contribution in [3.05, 3.63) is 53.6 Å². The third kappa shape index (κ3) is 3.74. The van der Waals surface area contributed by atoms with E-state index in [0.29, 0.717) is 23.5 Å². The summed E-state index contributed by atoms with van der Waals surface area (Å²) in [5, 5.41) is 0. The van der Waals surface area contributed by atoms with Gasteiger partial charge >= 0.3 is 0 Å². The molecular formula is C16H12N2O3. The molecule has 5 heteroatoms. The van der Waals surface area contributed by atoms with Crippen LogP contribution in [-0.4, -0.2) is 19.3 Å². The van der Waals surface area contributed by atoms with Crippen LogP contribution in [-0.2, 0) is 16.0 Å². The first kappa shape index (κ1) is 14.4. The first-order valence-corrected chi connectivity index (χ1v) is 6.18. The second-order valence-electron chi connectivity index (χ2n) is 4.26. The molecule has 2 aromatic rings. The molecule has 2 rings (SSSR count). The van der Waals surface area contributed by atoms with Gasteiger partial charge in [0.2, 0.25) is 12.2 Å². The average molecular weight is 280 g/mol. The van der Waals surface area contributed by atoms with Gasteiger partial charge in [-0.1, -0.05) is 18.2 Å². The first-order valence-electron chi connectivity index (χ1n) is 6.18. The van der Waals surface area contributed by atoms with Crippen molar-refractivity contribution in [2.45, 2.75) is 6.42 Å². The molecule has 0 saturated heterocycles. The zero-order chi connectivity index (χ0) is 15.1. The molecule has 5 nitrogen and oxygen atoms in total. The van der Waals surface area contributed by atoms with Crippen molar-refractivity contribution in [1.29, 1.82) is 0 Å². The first-order chi connectivity index (χ1) is 10.3. The number of carbonyl (C=O) groups excluding carboxylic acids is 2. The molecule has 0 aliphatic heterocycles. The average Bonchev–Trinajstić information content (AvgIpc) is 2.51. The van der Waals surface area contributed by atoms with E-state index in [2.05, 4.69) is 9.98 Å². The van der Waals surface area contributed by atoms with Gasteiger partial charge in [0.1, 0.15) is 11.4 Å². The molecule has 0 aromatic heterocycles. The highest BCUT2D eigenvalue weighted by Crippen LogP contribution is 2.29. The van der Waals surface area contributed by atoms with Crippen molar-refractivity contribution in [2.75, 3.05) is 7.11 Å². The van der Waals surface area contributed by atoms with E-state index in [9.17, 15) is 9.59 Å². The number of hydrogen-bond acceptors (Lipinski definition) is 5. The van der Waals surface area contributed by atoms with E-state index in [1.165, 1.54) is 19.3 Å². The highest BCUT2D eigenvalue weighted by atomic mass is 16.5. The fraction of sp³-hybridized carbons (Fsp3) is 0.125. The number of rotatable bonds is 5. The minimum absolute atomic E-state index is 0.451. The van der Waals surface area contributed by atoms with E-state index < -0.39 is 0 Å². The van der Waals surface area contributed by atoms with Crippen LogP contribution in [0.15, 0.2) is 52.4 Å². The Labute approximate surface area is 121 Å². The molecule has 104 valence electrons. The van der Waals surface area contributed by atoms with Crippen LogP contribution in [0, 0.1) is 0 Å². The van der Waals surface area contributed by atoms with Gasteiger partial charge in [0, 0.05) is 0 Å². The molecule has 21 heavy (non-hydrogen) atoms. The van der Waals surface area contributed by atoms with E-state index in [0.717, 1.165) is 11.1 Å². The molecule has 0 radical (unpaired) electrons. The maximum absolute atomic E-state index is 10.3. The summed E-state index contributed by atoms with van der Waals surface area (Å²) in [5.74, 6) is 0.526. The number of isocyanates is 2. The van der Waals surface area contributed by atoms with Crippen LogP contribution in [0.25, 0.3) is 0 Å². The summed E-state index contributed by atoms with van der Waals surface area (Å²) >= 11 is 0. The molecule has 0 saturated carbocycles. The van der Waals surface area contributed by atoms with Crippen LogP contribution in [0.1, 0.15) is 11.1 Å². The van der Waals surface area contributed by atoms with Gasteiger partial charge in [-0.25, -0.2) is 9.59 Å². The van der Waals surface area contributed by atoms with Crippen molar-refractivity contribution < 1.29 is 14.3 Å². The van der Waals surface area contributed by atoms with Crippen LogP contribution < -0.4 is 4.74 Å². The van der Waals surface area contributed by atoms with E-state index in [-0.39, 0.29) is 0 Å². The van der Waals surface area contributed by atoms with E-state index in [1.54, 1.807) is 18.2 Å². The Morgan fingerprint density at radius 3 is 2.24 bits per heavy atom. The highest BCUT2D eigenvalue weighted by molar-refractivity contribution is 5.59. The standard InChI is InChI=1S/C16H12N2O3/c1-21-16-9-13(4-7-15(16)18-11-20)8-12-2-5-14(6-3-12)17-10-19/h2-7,9H,8H2,1H3. The topological polar surface area (TPSA) is 68.1 Å². The molecule has 0 N–H and O–H groups in total. The quantitative estimate of drug-likeness (QED) is 0.623. The molecule has 0 heterocycles. The fourth-order valence-electron chi connectivity index (χ4n) is 1.95. The second kappa shape index (κ2) is 6.96. The lowest BCUT2D eigenvalue weighted by molar-refractivity contribution is 0.415. The highest BCUT2D eigenvalue weighted by Gasteiger charge is 2.04. The minimum atomic E-state index is 0.451. The van der Waals surface area contributed by atoms with Gasteiger partial charge in [-0.05, 0) is 41.8 Å². The predicted molar refractivity (Wildman–Crippen MR) is 77.8 cm³/mol. The number of hydrogen-bond donors (Lipinski definition) is 0. The molecule has 0 bridgehead atoms. The van der Waals surface area contributed by atoms with Crippen molar-refractivity contribution in [1.82, 2.24) is 0 Å². The molecule has 0 fully saturated rings. The summed E-state index contributed by atoms with van der Waals surface area (Å²) in [7, 11) is 1.52. The second-order valence-corrected chi connectivity index (χ2v) is 4.26. The summed E-state index contributed by atoms with van der Waals surface area (Å²) in [5.41, 5.74) is 3.10.